The zero-order chi connectivity index (χ0) is 16.5. The molecule has 23 heavy (non-hydrogen) atoms. The van der Waals surface area contributed by atoms with E-state index in [4.69, 9.17) is 0 Å². The fourth-order valence-electron chi connectivity index (χ4n) is 2.37. The van der Waals surface area contributed by atoms with Crippen molar-refractivity contribution in [2.75, 3.05) is 19.7 Å². The molecule has 7 heteroatoms. The van der Waals surface area contributed by atoms with Crippen molar-refractivity contribution in [3.05, 3.63) is 23.9 Å². The molecule has 2 aliphatic heterocycles. The SMILES string of the molecule is CC1CC(NC(=O)/C2=C/C=C/NCCC(CO)CCN=C2)=NN1. The predicted octanol–water partition coefficient (Wildman–Crippen LogP) is 0.301. The standard InChI is InChI=1S/C16H25N5O2/c1-12-9-15(21-20-12)19-16(23)14-3-2-6-17-7-4-13(11-22)5-8-18-10-14/h2-3,6,10,12-13,17,20,22H,4-5,7-9,11H2,1H3,(H,19,21,23)/b6-2+,14-3+,18-10?. The fraction of sp³-hybridized carbons (Fsp3) is 0.562. The van der Waals surface area contributed by atoms with Crippen LogP contribution in [0.5, 0.6) is 0 Å². The molecule has 2 heterocycles. The first-order valence-corrected chi connectivity index (χ1v) is 8.03. The summed E-state index contributed by atoms with van der Waals surface area (Å²) >= 11 is 0. The predicted molar refractivity (Wildman–Crippen MR) is 91.2 cm³/mol. The van der Waals surface area contributed by atoms with Crippen LogP contribution >= 0.6 is 0 Å². The third-order valence-electron chi connectivity index (χ3n) is 3.78. The highest BCUT2D eigenvalue weighted by Gasteiger charge is 2.17. The van der Waals surface area contributed by atoms with Crippen LogP contribution in [0.15, 0.2) is 34.0 Å². The number of hydrazone groups is 1. The molecule has 0 aromatic heterocycles. The largest absolute Gasteiger partial charge is 0.396 e. The molecule has 2 rings (SSSR count). The summed E-state index contributed by atoms with van der Waals surface area (Å²) in [6, 6.07) is 0.240. The minimum Gasteiger partial charge on any atom is -0.396 e. The quantitative estimate of drug-likeness (QED) is 0.588. The first-order valence-electron chi connectivity index (χ1n) is 8.03. The van der Waals surface area contributed by atoms with Gasteiger partial charge in [-0.15, -0.1) is 0 Å². The Bertz CT molecular complexity index is 525. The smallest absolute Gasteiger partial charge is 0.258 e. The molecule has 0 aliphatic carbocycles. The van der Waals surface area contributed by atoms with E-state index in [1.165, 1.54) is 0 Å². The van der Waals surface area contributed by atoms with Crippen molar-refractivity contribution < 1.29 is 9.90 Å². The second kappa shape index (κ2) is 9.09. The Balaban J connectivity index is 2.00. The fourth-order valence-corrected chi connectivity index (χ4v) is 2.37. The first-order chi connectivity index (χ1) is 11.2. The molecule has 2 atom stereocenters. The molecule has 0 aromatic carbocycles. The van der Waals surface area contributed by atoms with Crippen molar-refractivity contribution in [3.63, 3.8) is 0 Å². The van der Waals surface area contributed by atoms with Gasteiger partial charge in [-0.25, -0.2) is 0 Å². The summed E-state index contributed by atoms with van der Waals surface area (Å²) in [4.78, 5) is 16.6. The van der Waals surface area contributed by atoms with Crippen LogP contribution in [0.3, 0.4) is 0 Å². The summed E-state index contributed by atoms with van der Waals surface area (Å²) in [5.41, 5.74) is 3.40. The van der Waals surface area contributed by atoms with Crippen LogP contribution in [0.1, 0.15) is 26.2 Å². The molecular weight excluding hydrogens is 294 g/mol. The molecule has 7 nitrogen and oxygen atoms in total. The summed E-state index contributed by atoms with van der Waals surface area (Å²) in [6.07, 6.45) is 9.30. The number of amidine groups is 1. The van der Waals surface area contributed by atoms with Crippen LogP contribution < -0.4 is 16.1 Å². The number of carbonyl (C=O) groups excluding carboxylic acids is 1. The van der Waals surface area contributed by atoms with Gasteiger partial charge in [-0.2, -0.15) is 5.10 Å². The summed E-state index contributed by atoms with van der Waals surface area (Å²) in [5, 5.41) is 19.4. The van der Waals surface area contributed by atoms with Crippen LogP contribution in [-0.2, 0) is 4.79 Å². The highest BCUT2D eigenvalue weighted by molar-refractivity contribution is 6.17. The van der Waals surface area contributed by atoms with E-state index in [1.807, 2.05) is 6.92 Å². The third kappa shape index (κ3) is 5.86. The van der Waals surface area contributed by atoms with Gasteiger partial charge in [-0.3, -0.25) is 9.79 Å². The van der Waals surface area contributed by atoms with Crippen LogP contribution in [0.4, 0.5) is 0 Å². The maximum atomic E-state index is 12.3. The molecule has 126 valence electrons. The van der Waals surface area contributed by atoms with E-state index >= 15 is 0 Å². The average molecular weight is 319 g/mol. The number of aliphatic hydroxyl groups is 1. The molecule has 2 aliphatic rings. The molecule has 0 saturated heterocycles. The number of amides is 1. The number of allylic oxidation sites excluding steroid dienone is 2. The Morgan fingerprint density at radius 2 is 2.35 bits per heavy atom. The zero-order valence-corrected chi connectivity index (χ0v) is 13.5. The van der Waals surface area contributed by atoms with Gasteiger partial charge in [0.2, 0.25) is 0 Å². The molecule has 0 radical (unpaired) electrons. The number of nitrogens with one attached hydrogen (secondary N) is 3. The van der Waals surface area contributed by atoms with E-state index in [2.05, 4.69) is 26.2 Å². The minimum absolute atomic E-state index is 0.162. The Morgan fingerprint density at radius 1 is 1.48 bits per heavy atom. The number of nitrogens with zero attached hydrogens (tertiary/aromatic N) is 2. The third-order valence-corrected chi connectivity index (χ3v) is 3.78. The molecule has 2 unspecified atom stereocenters. The molecule has 0 aromatic rings. The van der Waals surface area contributed by atoms with Crippen molar-refractivity contribution in [1.82, 2.24) is 16.1 Å². The van der Waals surface area contributed by atoms with Crippen LogP contribution in [0.25, 0.3) is 0 Å². The molecule has 0 saturated carbocycles. The van der Waals surface area contributed by atoms with Crippen LogP contribution in [0.2, 0.25) is 0 Å². The van der Waals surface area contributed by atoms with Crippen molar-refractivity contribution in [1.29, 1.82) is 0 Å². The molecule has 1 amide bonds. The minimum atomic E-state index is -0.219. The summed E-state index contributed by atoms with van der Waals surface area (Å²) in [5.74, 6) is 0.656. The van der Waals surface area contributed by atoms with Crippen LogP contribution in [-0.4, -0.2) is 48.8 Å². The molecule has 0 bridgehead atoms. The molecule has 4 N–H and O–H groups in total. The van der Waals surface area contributed by atoms with Gasteiger partial charge in [0.1, 0.15) is 5.84 Å². The number of rotatable bonds is 2. The van der Waals surface area contributed by atoms with Crippen molar-refractivity contribution in [2.24, 2.45) is 16.0 Å². The molecule has 0 fully saturated rings. The molecular formula is C16H25N5O2. The summed E-state index contributed by atoms with van der Waals surface area (Å²) in [6.45, 7) is 3.56. The normalized spacial score (nSPS) is 29.0. The van der Waals surface area contributed by atoms with Crippen molar-refractivity contribution >= 4 is 18.0 Å². The number of carbonyl (C=O) groups is 1. The van der Waals surface area contributed by atoms with Gasteiger partial charge in [-0.05, 0) is 44.0 Å². The van der Waals surface area contributed by atoms with Gasteiger partial charge in [-0.1, -0.05) is 0 Å². The van der Waals surface area contributed by atoms with Gasteiger partial charge in [0, 0.05) is 38.4 Å². The lowest BCUT2D eigenvalue weighted by atomic mass is 10.0. The number of hydrogen-bond donors (Lipinski definition) is 4. The zero-order valence-electron chi connectivity index (χ0n) is 13.5. The van der Waals surface area contributed by atoms with E-state index < -0.39 is 0 Å². The Hall–Kier alpha value is -2.15. The van der Waals surface area contributed by atoms with Gasteiger partial charge in [0.25, 0.3) is 5.91 Å². The summed E-state index contributed by atoms with van der Waals surface area (Å²) in [7, 11) is 0. The Kier molecular flexibility index (Phi) is 6.80. The van der Waals surface area contributed by atoms with E-state index in [0.29, 0.717) is 24.4 Å². The second-order valence-electron chi connectivity index (χ2n) is 5.84. The van der Waals surface area contributed by atoms with Gasteiger partial charge in [0.05, 0.1) is 5.57 Å². The average Bonchev–Trinajstić information content (AvgIpc) is 2.93. The monoisotopic (exact) mass is 319 g/mol. The highest BCUT2D eigenvalue weighted by Crippen LogP contribution is 2.08. The van der Waals surface area contributed by atoms with Crippen LogP contribution in [0, 0.1) is 5.92 Å². The topological polar surface area (TPSA) is 98.1 Å². The van der Waals surface area contributed by atoms with E-state index in [1.54, 1.807) is 24.6 Å². The van der Waals surface area contributed by atoms with Crippen molar-refractivity contribution in [3.8, 4) is 0 Å². The van der Waals surface area contributed by atoms with Gasteiger partial charge < -0.3 is 21.2 Å². The lowest BCUT2D eigenvalue weighted by Crippen LogP contribution is -2.31. The maximum absolute atomic E-state index is 12.3. The first kappa shape index (κ1) is 17.2. The number of hydrogen-bond acceptors (Lipinski definition) is 6. The lowest BCUT2D eigenvalue weighted by Gasteiger charge is -2.13. The Morgan fingerprint density at radius 3 is 3.09 bits per heavy atom. The van der Waals surface area contributed by atoms with E-state index in [-0.39, 0.29) is 24.5 Å². The van der Waals surface area contributed by atoms with Gasteiger partial charge in [0.15, 0.2) is 0 Å². The van der Waals surface area contributed by atoms with E-state index in [0.717, 1.165) is 19.4 Å². The lowest BCUT2D eigenvalue weighted by molar-refractivity contribution is -0.115. The number of aliphatic hydroxyl groups excluding tert-OH is 1. The Labute approximate surface area is 136 Å². The molecule has 0 spiro atoms. The summed E-state index contributed by atoms with van der Waals surface area (Å²) < 4.78 is 0. The van der Waals surface area contributed by atoms with Gasteiger partial charge >= 0.3 is 0 Å². The maximum Gasteiger partial charge on any atom is 0.258 e. The second-order valence-corrected chi connectivity index (χ2v) is 5.84. The number of aliphatic imine (C=N–C) groups is 1. The van der Waals surface area contributed by atoms with E-state index in [9.17, 15) is 9.90 Å². The highest BCUT2D eigenvalue weighted by atomic mass is 16.3. The van der Waals surface area contributed by atoms with Crippen molar-refractivity contribution in [2.45, 2.75) is 32.2 Å².